The molecule has 0 saturated heterocycles. The lowest BCUT2D eigenvalue weighted by atomic mass is 10.2. The summed E-state index contributed by atoms with van der Waals surface area (Å²) in [4.78, 5) is 11.8. The van der Waals surface area contributed by atoms with Crippen LogP contribution in [0.5, 0.6) is 5.75 Å². The number of sulfonamides is 1. The maximum Gasteiger partial charge on any atom is 0.416 e. The Balaban J connectivity index is 1.68. The van der Waals surface area contributed by atoms with Crippen molar-refractivity contribution in [3.05, 3.63) is 80.3 Å². The highest BCUT2D eigenvalue weighted by Gasteiger charge is 2.30. The standard InChI is InChI=1S/C21H13Cl4F3N2O4S/c22-14-8-16(24)18(9-15(14)23)29-20(31)10-34-19-5-4-13(7-17(19)25)35(32,33)30-12-3-1-2-11(6-12)21(26,27)28/h1-9,30H,10H2,(H,29,31). The van der Waals surface area contributed by atoms with E-state index in [0.29, 0.717) is 6.07 Å². The van der Waals surface area contributed by atoms with Crippen LogP contribution in [0.4, 0.5) is 24.5 Å². The summed E-state index contributed by atoms with van der Waals surface area (Å²) in [6, 6.07) is 9.76. The van der Waals surface area contributed by atoms with Gasteiger partial charge in [0.15, 0.2) is 6.61 Å². The molecule has 35 heavy (non-hydrogen) atoms. The van der Waals surface area contributed by atoms with E-state index in [1.54, 1.807) is 0 Å². The third-order valence-electron chi connectivity index (χ3n) is 4.30. The molecule has 0 bridgehead atoms. The van der Waals surface area contributed by atoms with Gasteiger partial charge < -0.3 is 10.1 Å². The molecule has 2 N–H and O–H groups in total. The van der Waals surface area contributed by atoms with E-state index in [0.717, 1.165) is 24.3 Å². The predicted octanol–water partition coefficient (Wildman–Crippen LogP) is 7.14. The topological polar surface area (TPSA) is 84.5 Å². The maximum absolute atomic E-state index is 12.9. The van der Waals surface area contributed by atoms with Crippen LogP contribution in [0.1, 0.15) is 5.56 Å². The molecule has 0 saturated carbocycles. The highest BCUT2D eigenvalue weighted by Crippen LogP contribution is 2.33. The van der Waals surface area contributed by atoms with Crippen molar-refractivity contribution in [2.75, 3.05) is 16.6 Å². The number of amides is 1. The van der Waals surface area contributed by atoms with Gasteiger partial charge >= 0.3 is 6.18 Å². The number of carbonyl (C=O) groups is 1. The summed E-state index contributed by atoms with van der Waals surface area (Å²) in [5.41, 5.74) is -1.10. The zero-order valence-electron chi connectivity index (χ0n) is 17.1. The lowest BCUT2D eigenvalue weighted by Gasteiger charge is -2.13. The first kappa shape index (κ1) is 27.2. The van der Waals surface area contributed by atoms with Crippen LogP contribution in [-0.4, -0.2) is 20.9 Å². The number of nitrogens with one attached hydrogen (secondary N) is 2. The van der Waals surface area contributed by atoms with Gasteiger partial charge in [-0.25, -0.2) is 8.42 Å². The number of hydrogen-bond donors (Lipinski definition) is 2. The summed E-state index contributed by atoms with van der Waals surface area (Å²) in [6.07, 6.45) is -4.64. The lowest BCUT2D eigenvalue weighted by molar-refractivity contribution is -0.137. The molecule has 3 aromatic carbocycles. The molecule has 0 heterocycles. The number of alkyl halides is 3. The molecule has 0 aliphatic rings. The van der Waals surface area contributed by atoms with Crippen LogP contribution in [0.15, 0.2) is 59.5 Å². The third kappa shape index (κ3) is 7.08. The van der Waals surface area contributed by atoms with Gasteiger partial charge in [0.2, 0.25) is 0 Å². The molecule has 14 heteroatoms. The van der Waals surface area contributed by atoms with Gasteiger partial charge in [-0.2, -0.15) is 13.2 Å². The summed E-state index contributed by atoms with van der Waals surface area (Å²) in [5.74, 6) is -0.635. The molecule has 1 amide bonds. The van der Waals surface area contributed by atoms with Crippen molar-refractivity contribution in [2.24, 2.45) is 0 Å². The number of benzene rings is 3. The Kier molecular flexibility index (Phi) is 8.33. The number of halogens is 7. The van der Waals surface area contributed by atoms with E-state index < -0.39 is 34.3 Å². The van der Waals surface area contributed by atoms with Crippen molar-refractivity contribution in [2.45, 2.75) is 11.1 Å². The van der Waals surface area contributed by atoms with E-state index in [4.69, 9.17) is 51.1 Å². The van der Waals surface area contributed by atoms with Gasteiger partial charge in [0.05, 0.1) is 36.2 Å². The number of hydrogen-bond acceptors (Lipinski definition) is 4. The largest absolute Gasteiger partial charge is 0.482 e. The fourth-order valence-electron chi connectivity index (χ4n) is 2.69. The summed E-state index contributed by atoms with van der Waals surface area (Å²) < 4.78 is 71.2. The highest BCUT2D eigenvalue weighted by atomic mass is 35.5. The average Bonchev–Trinajstić information content (AvgIpc) is 2.76. The minimum absolute atomic E-state index is 0.0138. The minimum atomic E-state index is -4.64. The van der Waals surface area contributed by atoms with Crippen LogP contribution in [0, 0.1) is 0 Å². The van der Waals surface area contributed by atoms with Crippen LogP contribution in [0.3, 0.4) is 0 Å². The second-order valence-corrected chi connectivity index (χ2v) is 10.2. The van der Waals surface area contributed by atoms with Gasteiger partial charge in [-0.15, -0.1) is 0 Å². The van der Waals surface area contributed by atoms with Crippen molar-refractivity contribution in [1.82, 2.24) is 0 Å². The van der Waals surface area contributed by atoms with E-state index in [-0.39, 0.29) is 42.1 Å². The Labute approximate surface area is 217 Å². The van der Waals surface area contributed by atoms with Crippen molar-refractivity contribution in [3.63, 3.8) is 0 Å². The fraction of sp³-hybridized carbons (Fsp3) is 0.0952. The highest BCUT2D eigenvalue weighted by molar-refractivity contribution is 7.92. The predicted molar refractivity (Wildman–Crippen MR) is 129 cm³/mol. The van der Waals surface area contributed by atoms with Gasteiger partial charge in [0.1, 0.15) is 5.75 Å². The van der Waals surface area contributed by atoms with Gasteiger partial charge in [-0.05, 0) is 48.5 Å². The molecule has 0 spiro atoms. The average molecular weight is 588 g/mol. The van der Waals surface area contributed by atoms with Crippen molar-refractivity contribution in [1.29, 1.82) is 0 Å². The Hall–Kier alpha value is -2.37. The fourth-order valence-corrected chi connectivity index (χ4v) is 4.66. The molecule has 0 aromatic heterocycles. The molecule has 186 valence electrons. The van der Waals surface area contributed by atoms with E-state index >= 15 is 0 Å². The van der Waals surface area contributed by atoms with E-state index in [1.807, 2.05) is 0 Å². The van der Waals surface area contributed by atoms with Gasteiger partial charge in [0.25, 0.3) is 15.9 Å². The molecule has 0 unspecified atom stereocenters. The van der Waals surface area contributed by atoms with Crippen LogP contribution in [0.25, 0.3) is 0 Å². The molecule has 0 aliphatic carbocycles. The van der Waals surface area contributed by atoms with Crippen molar-refractivity contribution in [3.8, 4) is 5.75 Å². The molecule has 0 atom stereocenters. The second-order valence-electron chi connectivity index (χ2n) is 6.86. The van der Waals surface area contributed by atoms with Gasteiger partial charge in [0, 0.05) is 5.69 Å². The molecular formula is C21H13Cl4F3N2O4S. The zero-order valence-corrected chi connectivity index (χ0v) is 20.9. The molecule has 3 rings (SSSR count). The Morgan fingerprint density at radius 3 is 2.23 bits per heavy atom. The van der Waals surface area contributed by atoms with E-state index in [2.05, 4.69) is 10.0 Å². The van der Waals surface area contributed by atoms with Crippen LogP contribution in [-0.2, 0) is 21.0 Å². The number of ether oxygens (including phenoxy) is 1. The maximum atomic E-state index is 12.9. The van der Waals surface area contributed by atoms with E-state index in [9.17, 15) is 26.4 Å². The van der Waals surface area contributed by atoms with Crippen molar-refractivity contribution < 1.29 is 31.1 Å². The zero-order chi connectivity index (χ0) is 26.0. The first-order chi connectivity index (χ1) is 16.3. The first-order valence-electron chi connectivity index (χ1n) is 9.33. The van der Waals surface area contributed by atoms with Crippen LogP contribution in [0.2, 0.25) is 20.1 Å². The number of carbonyl (C=O) groups excluding carboxylic acids is 1. The molecular weight excluding hydrogens is 575 g/mol. The Morgan fingerprint density at radius 2 is 1.57 bits per heavy atom. The van der Waals surface area contributed by atoms with Gasteiger partial charge in [-0.1, -0.05) is 52.5 Å². The summed E-state index contributed by atoms with van der Waals surface area (Å²) in [7, 11) is -4.27. The normalized spacial score (nSPS) is 11.7. The monoisotopic (exact) mass is 586 g/mol. The quantitative estimate of drug-likeness (QED) is 0.288. The first-order valence-corrected chi connectivity index (χ1v) is 12.3. The summed E-state index contributed by atoms with van der Waals surface area (Å²) in [6.45, 7) is -0.509. The van der Waals surface area contributed by atoms with Gasteiger partial charge in [-0.3, -0.25) is 9.52 Å². The smallest absolute Gasteiger partial charge is 0.416 e. The Bertz CT molecular complexity index is 1390. The summed E-state index contributed by atoms with van der Waals surface area (Å²) >= 11 is 23.8. The second kappa shape index (κ2) is 10.7. The number of rotatable bonds is 7. The van der Waals surface area contributed by atoms with E-state index in [1.165, 1.54) is 24.3 Å². The molecule has 0 radical (unpaired) electrons. The lowest BCUT2D eigenvalue weighted by Crippen LogP contribution is -2.20. The Morgan fingerprint density at radius 1 is 0.886 bits per heavy atom. The summed E-state index contributed by atoms with van der Waals surface area (Å²) in [5, 5.41) is 2.85. The SMILES string of the molecule is O=C(COc1ccc(S(=O)(=O)Nc2cccc(C(F)(F)F)c2)cc1Cl)Nc1cc(Cl)c(Cl)cc1Cl. The minimum Gasteiger partial charge on any atom is -0.482 e. The molecule has 0 aliphatic heterocycles. The molecule has 6 nitrogen and oxygen atoms in total. The van der Waals surface area contributed by atoms with Crippen LogP contribution < -0.4 is 14.8 Å². The molecule has 0 fully saturated rings. The third-order valence-corrected chi connectivity index (χ3v) is 7.01. The molecule has 3 aromatic rings. The number of anilines is 2. The van der Waals surface area contributed by atoms with Crippen molar-refractivity contribution >= 4 is 73.7 Å². The van der Waals surface area contributed by atoms with Crippen LogP contribution >= 0.6 is 46.4 Å².